The number of fused-ring (bicyclic) bond motifs is 1. The molecule has 0 aliphatic carbocycles. The van der Waals surface area contributed by atoms with Gasteiger partial charge in [0.25, 0.3) is 10.0 Å². The second-order valence-corrected chi connectivity index (χ2v) is 9.77. The average Bonchev–Trinajstić information content (AvgIpc) is 3.39. The van der Waals surface area contributed by atoms with E-state index in [4.69, 9.17) is 21.1 Å². The van der Waals surface area contributed by atoms with E-state index in [1.807, 2.05) is 36.9 Å². The molecule has 32 heavy (non-hydrogen) atoms. The van der Waals surface area contributed by atoms with Crippen LogP contribution in [0, 0.1) is 6.92 Å². The van der Waals surface area contributed by atoms with Crippen molar-refractivity contribution in [3.63, 3.8) is 0 Å². The summed E-state index contributed by atoms with van der Waals surface area (Å²) in [5, 5.41) is 0.869. The number of nitrogens with zero attached hydrogens (tertiary/aromatic N) is 2. The van der Waals surface area contributed by atoms with Gasteiger partial charge in [0.1, 0.15) is 0 Å². The van der Waals surface area contributed by atoms with Crippen molar-refractivity contribution in [3.8, 4) is 22.8 Å². The Bertz CT molecular complexity index is 1350. The Morgan fingerprint density at radius 2 is 1.81 bits per heavy atom. The van der Waals surface area contributed by atoms with E-state index in [-0.39, 0.29) is 4.90 Å². The van der Waals surface area contributed by atoms with Crippen LogP contribution in [0.15, 0.2) is 65.8 Å². The van der Waals surface area contributed by atoms with E-state index < -0.39 is 10.0 Å². The van der Waals surface area contributed by atoms with Crippen molar-refractivity contribution in [3.05, 3.63) is 66.5 Å². The Balaban J connectivity index is 1.84. The van der Waals surface area contributed by atoms with Crippen LogP contribution in [0.3, 0.4) is 0 Å². The van der Waals surface area contributed by atoms with Crippen molar-refractivity contribution in [2.45, 2.75) is 18.2 Å². The lowest BCUT2D eigenvalue weighted by molar-refractivity contribution is 0.295. The molecule has 2 aromatic carbocycles. The van der Waals surface area contributed by atoms with Crippen LogP contribution in [0.4, 0.5) is 0 Å². The van der Waals surface area contributed by atoms with Crippen LogP contribution in [-0.2, 0) is 17.1 Å². The molecule has 0 N–H and O–H groups in total. The molecule has 4 rings (SSSR count). The van der Waals surface area contributed by atoms with Crippen molar-refractivity contribution in [2.24, 2.45) is 7.05 Å². The molecule has 0 saturated carbocycles. The van der Waals surface area contributed by atoms with Gasteiger partial charge < -0.3 is 14.0 Å². The van der Waals surface area contributed by atoms with Crippen molar-refractivity contribution >= 4 is 32.5 Å². The topological polar surface area (TPSA) is 62.5 Å². The summed E-state index contributed by atoms with van der Waals surface area (Å²) >= 11 is 5.76. The Kier molecular flexibility index (Phi) is 6.22. The molecule has 0 amide bonds. The third-order valence-electron chi connectivity index (χ3n) is 5.38. The molecule has 0 radical (unpaired) electrons. The van der Waals surface area contributed by atoms with Crippen LogP contribution in [0.5, 0.6) is 11.5 Å². The van der Waals surface area contributed by atoms with E-state index in [1.54, 1.807) is 49.7 Å². The molecule has 0 unspecified atom stereocenters. The zero-order chi connectivity index (χ0) is 22.9. The maximum atomic E-state index is 13.4. The number of aryl methyl sites for hydroxylation is 2. The zero-order valence-electron chi connectivity index (χ0n) is 18.2. The van der Waals surface area contributed by atoms with Gasteiger partial charge in [-0.2, -0.15) is 0 Å². The average molecular weight is 473 g/mol. The second kappa shape index (κ2) is 8.92. The van der Waals surface area contributed by atoms with E-state index in [2.05, 4.69) is 0 Å². The summed E-state index contributed by atoms with van der Waals surface area (Å²) in [5.74, 6) is 1.73. The number of halogens is 1. The minimum absolute atomic E-state index is 0.244. The number of aromatic nitrogens is 2. The van der Waals surface area contributed by atoms with E-state index in [9.17, 15) is 8.42 Å². The summed E-state index contributed by atoms with van der Waals surface area (Å²) in [6.07, 6.45) is 4.22. The number of benzene rings is 2. The highest BCUT2D eigenvalue weighted by molar-refractivity contribution is 7.90. The largest absolute Gasteiger partial charge is 0.493 e. The van der Waals surface area contributed by atoms with Crippen LogP contribution < -0.4 is 9.47 Å². The Morgan fingerprint density at radius 3 is 2.50 bits per heavy atom. The lowest BCUT2D eigenvalue weighted by atomic mass is 10.1. The first-order chi connectivity index (χ1) is 15.4. The molecular weight excluding hydrogens is 448 g/mol. The van der Waals surface area contributed by atoms with Crippen molar-refractivity contribution in [1.29, 1.82) is 0 Å². The summed E-state index contributed by atoms with van der Waals surface area (Å²) < 4.78 is 41.4. The fraction of sp³-hybridized carbons (Fsp3) is 0.250. The van der Waals surface area contributed by atoms with Crippen LogP contribution in [0.2, 0.25) is 0 Å². The van der Waals surface area contributed by atoms with Gasteiger partial charge in [-0.1, -0.05) is 17.7 Å². The van der Waals surface area contributed by atoms with E-state index in [0.717, 1.165) is 28.5 Å². The standard InChI is InChI=1S/C24H25ClN2O4S/c1-17-7-9-18(10-8-17)32(28,29)27-12-4-6-21(27)20-16-26(2)22-15-24(31-13-5-11-25)23(30-3)14-19(20)22/h4,6-10,12,14-16H,5,11,13H2,1-3H3. The SMILES string of the molecule is COc1cc2c(-c3cccn3S(=O)(=O)c3ccc(C)cc3)cn(C)c2cc1OCCCCl. The molecule has 0 bridgehead atoms. The van der Waals surface area contributed by atoms with Gasteiger partial charge in [0, 0.05) is 42.3 Å². The number of rotatable bonds is 8. The van der Waals surface area contributed by atoms with Crippen molar-refractivity contribution < 1.29 is 17.9 Å². The molecule has 0 aliphatic heterocycles. The zero-order valence-corrected chi connectivity index (χ0v) is 19.8. The number of methoxy groups -OCH3 is 1. The van der Waals surface area contributed by atoms with Gasteiger partial charge in [-0.05, 0) is 43.7 Å². The predicted molar refractivity (Wildman–Crippen MR) is 127 cm³/mol. The number of hydrogen-bond donors (Lipinski definition) is 0. The number of ether oxygens (including phenoxy) is 2. The second-order valence-electron chi connectivity index (χ2n) is 7.57. The highest BCUT2D eigenvalue weighted by Gasteiger charge is 2.23. The molecular formula is C24H25ClN2O4S. The molecule has 4 aromatic rings. The Labute approximate surface area is 193 Å². The van der Waals surface area contributed by atoms with Gasteiger partial charge in [-0.3, -0.25) is 0 Å². The first-order valence-electron chi connectivity index (χ1n) is 10.2. The normalized spacial score (nSPS) is 11.8. The maximum Gasteiger partial charge on any atom is 0.268 e. The van der Waals surface area contributed by atoms with Crippen molar-refractivity contribution in [2.75, 3.05) is 19.6 Å². The molecule has 8 heteroatoms. The minimum Gasteiger partial charge on any atom is -0.493 e. The van der Waals surface area contributed by atoms with Crippen LogP contribution in [-0.4, -0.2) is 36.6 Å². The number of hydrogen-bond acceptors (Lipinski definition) is 4. The summed E-state index contributed by atoms with van der Waals surface area (Å²) in [5.41, 5.74) is 3.27. The smallest absolute Gasteiger partial charge is 0.268 e. The highest BCUT2D eigenvalue weighted by atomic mass is 35.5. The quantitative estimate of drug-likeness (QED) is 0.261. The lowest BCUT2D eigenvalue weighted by Gasteiger charge is -2.12. The molecule has 168 valence electrons. The highest BCUT2D eigenvalue weighted by Crippen LogP contribution is 2.39. The maximum absolute atomic E-state index is 13.4. The molecule has 0 saturated heterocycles. The minimum atomic E-state index is -3.75. The van der Waals surface area contributed by atoms with Crippen LogP contribution in [0.1, 0.15) is 12.0 Å². The van der Waals surface area contributed by atoms with Crippen LogP contribution >= 0.6 is 11.6 Å². The van der Waals surface area contributed by atoms with Gasteiger partial charge in [-0.15, -0.1) is 11.6 Å². The summed E-state index contributed by atoms with van der Waals surface area (Å²) in [6, 6.07) is 14.2. The van der Waals surface area contributed by atoms with Gasteiger partial charge >= 0.3 is 0 Å². The van der Waals surface area contributed by atoms with Gasteiger partial charge in [0.15, 0.2) is 11.5 Å². The Hall–Kier alpha value is -2.90. The summed E-state index contributed by atoms with van der Waals surface area (Å²) in [7, 11) is -0.245. The molecule has 2 aromatic heterocycles. The third-order valence-corrected chi connectivity index (χ3v) is 7.35. The van der Waals surface area contributed by atoms with E-state index in [1.165, 1.54) is 3.97 Å². The fourth-order valence-electron chi connectivity index (χ4n) is 3.71. The predicted octanol–water partition coefficient (Wildman–Crippen LogP) is 5.21. The molecule has 0 atom stereocenters. The van der Waals surface area contributed by atoms with E-state index >= 15 is 0 Å². The van der Waals surface area contributed by atoms with Crippen LogP contribution in [0.25, 0.3) is 22.2 Å². The van der Waals surface area contributed by atoms with Gasteiger partial charge in [-0.25, -0.2) is 12.4 Å². The third kappa shape index (κ3) is 3.98. The van der Waals surface area contributed by atoms with Gasteiger partial charge in [0.05, 0.1) is 29.8 Å². The lowest BCUT2D eigenvalue weighted by Crippen LogP contribution is -2.13. The van der Waals surface area contributed by atoms with Gasteiger partial charge in [0.2, 0.25) is 0 Å². The molecule has 6 nitrogen and oxygen atoms in total. The first-order valence-corrected chi connectivity index (χ1v) is 12.2. The molecule has 2 heterocycles. The molecule has 0 fully saturated rings. The summed E-state index contributed by atoms with van der Waals surface area (Å²) in [6.45, 7) is 2.41. The summed E-state index contributed by atoms with van der Waals surface area (Å²) in [4.78, 5) is 0.244. The Morgan fingerprint density at radius 1 is 1.06 bits per heavy atom. The monoisotopic (exact) mass is 472 g/mol. The molecule has 0 spiro atoms. The molecule has 0 aliphatic rings. The number of alkyl halides is 1. The fourth-order valence-corrected chi connectivity index (χ4v) is 5.18. The van der Waals surface area contributed by atoms with E-state index in [0.29, 0.717) is 29.7 Å². The first kappa shape index (κ1) is 22.3. The van der Waals surface area contributed by atoms with Crippen molar-refractivity contribution in [1.82, 2.24) is 8.54 Å².